The number of hydrogen-bond donors (Lipinski definition) is 0. The lowest BCUT2D eigenvalue weighted by Gasteiger charge is -2.09. The molecule has 0 fully saturated rings. The van der Waals surface area contributed by atoms with Crippen LogP contribution >= 0.6 is 0 Å². The zero-order valence-corrected chi connectivity index (χ0v) is 13.5. The Morgan fingerprint density at radius 3 is 2.50 bits per heavy atom. The Labute approximate surface area is 131 Å². The summed E-state index contributed by atoms with van der Waals surface area (Å²) in [7, 11) is 0. The van der Waals surface area contributed by atoms with E-state index < -0.39 is 0 Å². The topological polar surface area (TPSA) is 27.1 Å². The lowest BCUT2D eigenvalue weighted by molar-refractivity contribution is 0.300. The third kappa shape index (κ3) is 2.98. The van der Waals surface area contributed by atoms with Crippen molar-refractivity contribution in [3.8, 4) is 5.75 Å². The molecule has 0 saturated heterocycles. The van der Waals surface area contributed by atoms with Crippen LogP contribution in [0.4, 0.5) is 0 Å². The largest absolute Gasteiger partial charge is 0.492 e. The van der Waals surface area contributed by atoms with Gasteiger partial charge in [-0.2, -0.15) is 0 Å². The van der Waals surface area contributed by atoms with Gasteiger partial charge in [0.2, 0.25) is 0 Å². The molecule has 0 N–H and O–H groups in total. The summed E-state index contributed by atoms with van der Waals surface area (Å²) in [5.74, 6) is 0.925. The van der Waals surface area contributed by atoms with Gasteiger partial charge in [0.1, 0.15) is 12.4 Å². The van der Waals surface area contributed by atoms with Crippen LogP contribution in [0.5, 0.6) is 5.75 Å². The van der Waals surface area contributed by atoms with Crippen LogP contribution in [0.25, 0.3) is 11.0 Å². The first-order valence-electron chi connectivity index (χ1n) is 7.81. The summed E-state index contributed by atoms with van der Waals surface area (Å²) in [6.07, 6.45) is 2.95. The van der Waals surface area contributed by atoms with Gasteiger partial charge >= 0.3 is 0 Å². The average Bonchev–Trinajstić information content (AvgIpc) is 2.91. The minimum Gasteiger partial charge on any atom is -0.492 e. The Bertz CT molecular complexity index is 772. The van der Waals surface area contributed by atoms with Crippen LogP contribution in [0.3, 0.4) is 0 Å². The maximum atomic E-state index is 5.83. The van der Waals surface area contributed by atoms with Crippen molar-refractivity contribution < 1.29 is 4.74 Å². The molecule has 0 aliphatic heterocycles. The van der Waals surface area contributed by atoms with E-state index >= 15 is 0 Å². The van der Waals surface area contributed by atoms with E-state index in [4.69, 9.17) is 4.74 Å². The first-order chi connectivity index (χ1) is 10.7. The number of benzene rings is 2. The first-order valence-corrected chi connectivity index (χ1v) is 7.81. The Hall–Kier alpha value is -2.29. The monoisotopic (exact) mass is 294 g/mol. The standard InChI is InChI=1S/C19H22N2O/c1-4-16-5-7-17(8-6-16)22-10-9-21-13-20-18-11-14(2)15(3)12-19(18)21/h5-8,11-13H,4,9-10H2,1-3H3. The average molecular weight is 294 g/mol. The first kappa shape index (κ1) is 14.6. The van der Waals surface area contributed by atoms with Gasteiger partial charge in [0, 0.05) is 0 Å². The number of rotatable bonds is 5. The Kier molecular flexibility index (Phi) is 4.14. The molecular formula is C19H22N2O. The molecule has 0 atom stereocenters. The molecule has 3 aromatic rings. The highest BCUT2D eigenvalue weighted by atomic mass is 16.5. The number of ether oxygens (including phenoxy) is 1. The van der Waals surface area contributed by atoms with Crippen molar-refractivity contribution in [2.75, 3.05) is 6.61 Å². The quantitative estimate of drug-likeness (QED) is 0.701. The number of imidazole rings is 1. The Morgan fingerprint density at radius 2 is 1.77 bits per heavy atom. The van der Waals surface area contributed by atoms with Gasteiger partial charge in [-0.05, 0) is 61.2 Å². The zero-order chi connectivity index (χ0) is 15.5. The highest BCUT2D eigenvalue weighted by molar-refractivity contribution is 5.77. The number of fused-ring (bicyclic) bond motifs is 1. The Balaban J connectivity index is 1.67. The van der Waals surface area contributed by atoms with Gasteiger partial charge in [0.25, 0.3) is 0 Å². The van der Waals surface area contributed by atoms with Gasteiger partial charge < -0.3 is 9.30 Å². The smallest absolute Gasteiger partial charge is 0.119 e. The molecule has 0 radical (unpaired) electrons. The van der Waals surface area contributed by atoms with Crippen LogP contribution < -0.4 is 4.74 Å². The van der Waals surface area contributed by atoms with E-state index in [9.17, 15) is 0 Å². The fourth-order valence-electron chi connectivity index (χ4n) is 2.57. The molecule has 3 rings (SSSR count). The summed E-state index contributed by atoms with van der Waals surface area (Å²) in [4.78, 5) is 4.48. The third-order valence-corrected chi connectivity index (χ3v) is 4.17. The zero-order valence-electron chi connectivity index (χ0n) is 13.5. The summed E-state index contributed by atoms with van der Waals surface area (Å²) in [5, 5.41) is 0. The minimum atomic E-state index is 0.643. The maximum Gasteiger partial charge on any atom is 0.119 e. The molecule has 0 unspecified atom stereocenters. The van der Waals surface area contributed by atoms with E-state index in [0.29, 0.717) is 6.61 Å². The van der Waals surface area contributed by atoms with Crippen molar-refractivity contribution in [1.82, 2.24) is 9.55 Å². The molecule has 0 bridgehead atoms. The van der Waals surface area contributed by atoms with Crippen molar-refractivity contribution in [3.05, 3.63) is 59.4 Å². The molecule has 0 aliphatic carbocycles. The molecule has 0 amide bonds. The van der Waals surface area contributed by atoms with E-state index in [1.165, 1.54) is 22.2 Å². The predicted molar refractivity (Wildman–Crippen MR) is 90.5 cm³/mol. The lowest BCUT2D eigenvalue weighted by Crippen LogP contribution is -2.07. The summed E-state index contributed by atoms with van der Waals surface area (Å²) >= 11 is 0. The third-order valence-electron chi connectivity index (χ3n) is 4.17. The van der Waals surface area contributed by atoms with Gasteiger partial charge in [0.15, 0.2) is 0 Å². The fraction of sp³-hybridized carbons (Fsp3) is 0.316. The number of nitrogens with zero attached hydrogens (tertiary/aromatic N) is 2. The van der Waals surface area contributed by atoms with Crippen molar-refractivity contribution in [1.29, 1.82) is 0 Å². The molecule has 22 heavy (non-hydrogen) atoms. The van der Waals surface area contributed by atoms with Crippen LogP contribution in [-0.4, -0.2) is 16.2 Å². The predicted octanol–water partition coefficient (Wildman–Crippen LogP) is 4.29. The second-order valence-corrected chi connectivity index (χ2v) is 5.71. The van der Waals surface area contributed by atoms with Gasteiger partial charge in [-0.1, -0.05) is 19.1 Å². The molecule has 0 aliphatic rings. The van der Waals surface area contributed by atoms with Crippen molar-refractivity contribution >= 4 is 11.0 Å². The fourth-order valence-corrected chi connectivity index (χ4v) is 2.57. The molecule has 0 spiro atoms. The molecule has 0 saturated carbocycles. The molecule has 2 aromatic carbocycles. The number of hydrogen-bond acceptors (Lipinski definition) is 2. The van der Waals surface area contributed by atoms with Gasteiger partial charge in [-0.15, -0.1) is 0 Å². The van der Waals surface area contributed by atoms with E-state index in [1.807, 2.05) is 18.5 Å². The van der Waals surface area contributed by atoms with Crippen LogP contribution in [-0.2, 0) is 13.0 Å². The van der Waals surface area contributed by atoms with E-state index in [2.05, 4.69) is 54.6 Å². The number of aryl methyl sites for hydroxylation is 3. The van der Waals surface area contributed by atoms with Crippen molar-refractivity contribution in [3.63, 3.8) is 0 Å². The van der Waals surface area contributed by atoms with Crippen LogP contribution in [0.2, 0.25) is 0 Å². The van der Waals surface area contributed by atoms with Crippen LogP contribution in [0.15, 0.2) is 42.7 Å². The summed E-state index contributed by atoms with van der Waals surface area (Å²) < 4.78 is 7.99. The molecule has 3 heteroatoms. The summed E-state index contributed by atoms with van der Waals surface area (Å²) in [5.41, 5.74) is 6.14. The molecule has 3 nitrogen and oxygen atoms in total. The minimum absolute atomic E-state index is 0.643. The van der Waals surface area contributed by atoms with E-state index in [1.54, 1.807) is 0 Å². The van der Waals surface area contributed by atoms with Gasteiger partial charge in [-0.3, -0.25) is 0 Å². The normalized spacial score (nSPS) is 11.0. The van der Waals surface area contributed by atoms with Crippen LogP contribution in [0, 0.1) is 13.8 Å². The van der Waals surface area contributed by atoms with Gasteiger partial charge in [-0.25, -0.2) is 4.98 Å². The lowest BCUT2D eigenvalue weighted by atomic mass is 10.1. The summed E-state index contributed by atoms with van der Waals surface area (Å²) in [6, 6.07) is 12.7. The SMILES string of the molecule is CCc1ccc(OCCn2cnc3cc(C)c(C)cc32)cc1. The maximum absolute atomic E-state index is 5.83. The van der Waals surface area contributed by atoms with Crippen molar-refractivity contribution in [2.24, 2.45) is 0 Å². The van der Waals surface area contributed by atoms with Crippen LogP contribution in [0.1, 0.15) is 23.6 Å². The molecular weight excluding hydrogens is 272 g/mol. The molecule has 1 aromatic heterocycles. The summed E-state index contributed by atoms with van der Waals surface area (Å²) in [6.45, 7) is 7.86. The van der Waals surface area contributed by atoms with E-state index in [-0.39, 0.29) is 0 Å². The van der Waals surface area contributed by atoms with Gasteiger partial charge in [0.05, 0.1) is 23.9 Å². The van der Waals surface area contributed by atoms with Crippen molar-refractivity contribution in [2.45, 2.75) is 33.7 Å². The second kappa shape index (κ2) is 6.22. The second-order valence-electron chi connectivity index (χ2n) is 5.71. The van der Waals surface area contributed by atoms with E-state index in [0.717, 1.165) is 24.2 Å². The highest BCUT2D eigenvalue weighted by Gasteiger charge is 2.05. The molecule has 1 heterocycles. The Morgan fingerprint density at radius 1 is 1.05 bits per heavy atom. The number of aromatic nitrogens is 2. The highest BCUT2D eigenvalue weighted by Crippen LogP contribution is 2.18. The molecule has 114 valence electrons.